The predicted octanol–water partition coefficient (Wildman–Crippen LogP) is 5.04. The second kappa shape index (κ2) is 12.3. The average molecular weight is 614 g/mol. The van der Waals surface area contributed by atoms with Crippen LogP contribution in [-0.2, 0) is 20.8 Å². The number of likely N-dealkylation sites (tertiary alicyclic amines) is 1. The monoisotopic (exact) mass is 613 g/mol. The zero-order chi connectivity index (χ0) is 30.1. The standard InChI is InChI=1S/C29H35ClF3N3O4S/c1-18(2)35(3)23-9-12-26(20(16-23)17-41(39,40)24-10-7-22(30)8-11-24)36-14-13-25(28(36)38)34-27(37)19-5-4-6-21(15-19)29(31,32)33/h4-8,10-11,15,18,20,23,25-26H,9,12-14,16-17H2,1-3H3,(H,34,37)/t20-,23?,25?,26?/m0/s1. The summed E-state index contributed by atoms with van der Waals surface area (Å²) in [6, 6.07) is 9.24. The molecule has 0 spiro atoms. The fraction of sp³-hybridized carbons (Fsp3) is 0.517. The fourth-order valence-electron chi connectivity index (χ4n) is 5.87. The van der Waals surface area contributed by atoms with Crippen molar-refractivity contribution in [2.24, 2.45) is 5.92 Å². The lowest BCUT2D eigenvalue weighted by Gasteiger charge is -2.44. The smallest absolute Gasteiger partial charge is 0.340 e. The molecule has 0 radical (unpaired) electrons. The van der Waals surface area contributed by atoms with Crippen LogP contribution < -0.4 is 5.32 Å². The molecule has 12 heteroatoms. The molecule has 1 aliphatic carbocycles. The first-order chi connectivity index (χ1) is 19.2. The first-order valence-corrected chi connectivity index (χ1v) is 15.7. The highest BCUT2D eigenvalue weighted by molar-refractivity contribution is 7.91. The Labute approximate surface area is 243 Å². The maximum atomic E-state index is 13.5. The van der Waals surface area contributed by atoms with Crippen molar-refractivity contribution in [3.63, 3.8) is 0 Å². The van der Waals surface area contributed by atoms with Crippen LogP contribution in [0.15, 0.2) is 53.4 Å². The molecule has 1 N–H and O–H groups in total. The number of halogens is 4. The van der Waals surface area contributed by atoms with E-state index in [1.165, 1.54) is 30.3 Å². The van der Waals surface area contributed by atoms with E-state index in [9.17, 15) is 31.2 Å². The fourth-order valence-corrected chi connectivity index (χ4v) is 7.66. The molecule has 2 fully saturated rings. The number of alkyl halides is 3. The summed E-state index contributed by atoms with van der Waals surface area (Å²) in [5.41, 5.74) is -1.13. The van der Waals surface area contributed by atoms with Crippen LogP contribution in [0.25, 0.3) is 0 Å². The normalized spacial score (nSPS) is 23.8. The highest BCUT2D eigenvalue weighted by atomic mass is 35.5. The Morgan fingerprint density at radius 3 is 2.44 bits per heavy atom. The number of benzene rings is 2. The Bertz CT molecular complexity index is 1370. The van der Waals surface area contributed by atoms with Gasteiger partial charge in [0.2, 0.25) is 5.91 Å². The van der Waals surface area contributed by atoms with Crippen molar-refractivity contribution in [1.82, 2.24) is 15.1 Å². The lowest BCUT2D eigenvalue weighted by atomic mass is 9.81. The molecule has 1 aliphatic heterocycles. The van der Waals surface area contributed by atoms with Crippen molar-refractivity contribution < 1.29 is 31.2 Å². The van der Waals surface area contributed by atoms with E-state index in [1.807, 2.05) is 7.05 Å². The molecule has 7 nitrogen and oxygen atoms in total. The summed E-state index contributed by atoms with van der Waals surface area (Å²) >= 11 is 5.95. The molecular weight excluding hydrogens is 579 g/mol. The SMILES string of the molecule is CC(C)N(C)C1CCC(N2CCC(NC(=O)c3cccc(C(F)(F)F)c3)C2=O)[C@H](CS(=O)(=O)c2ccc(Cl)cc2)C1. The molecule has 4 rings (SSSR count). The van der Waals surface area contributed by atoms with Gasteiger partial charge in [-0.25, -0.2) is 8.42 Å². The second-order valence-corrected chi connectivity index (χ2v) is 13.7. The van der Waals surface area contributed by atoms with Crippen LogP contribution in [0.4, 0.5) is 13.2 Å². The minimum atomic E-state index is -4.60. The first-order valence-electron chi connectivity index (χ1n) is 13.7. The summed E-state index contributed by atoms with van der Waals surface area (Å²) < 4.78 is 66.2. The topological polar surface area (TPSA) is 86.8 Å². The summed E-state index contributed by atoms with van der Waals surface area (Å²) in [4.78, 5) is 30.3. The van der Waals surface area contributed by atoms with Crippen LogP contribution in [0, 0.1) is 5.92 Å². The van der Waals surface area contributed by atoms with Gasteiger partial charge in [-0.15, -0.1) is 0 Å². The molecule has 2 amide bonds. The Morgan fingerprint density at radius 2 is 1.80 bits per heavy atom. The minimum Gasteiger partial charge on any atom is -0.340 e. The number of amides is 2. The Kier molecular flexibility index (Phi) is 9.40. The van der Waals surface area contributed by atoms with Gasteiger partial charge < -0.3 is 15.1 Å². The molecular formula is C29H35ClF3N3O4S. The van der Waals surface area contributed by atoms with E-state index < -0.39 is 33.5 Å². The van der Waals surface area contributed by atoms with Gasteiger partial charge in [-0.05, 0) is 95.0 Å². The molecule has 41 heavy (non-hydrogen) atoms. The molecule has 2 aliphatic rings. The van der Waals surface area contributed by atoms with Gasteiger partial charge in [0.15, 0.2) is 9.84 Å². The summed E-state index contributed by atoms with van der Waals surface area (Å²) in [6.45, 7) is 4.47. The lowest BCUT2D eigenvalue weighted by molar-refractivity contribution is -0.137. The summed E-state index contributed by atoms with van der Waals surface area (Å²) in [5.74, 6) is -1.61. The van der Waals surface area contributed by atoms with Crippen LogP contribution in [0.5, 0.6) is 0 Å². The van der Waals surface area contributed by atoms with E-state index in [4.69, 9.17) is 11.6 Å². The predicted molar refractivity (Wildman–Crippen MR) is 150 cm³/mol. The third-order valence-corrected chi connectivity index (χ3v) is 10.4. The van der Waals surface area contributed by atoms with Crippen LogP contribution in [0.2, 0.25) is 5.02 Å². The molecule has 0 bridgehead atoms. The number of nitrogens with one attached hydrogen (secondary N) is 1. The zero-order valence-electron chi connectivity index (χ0n) is 23.2. The van der Waals surface area contributed by atoms with Crippen molar-refractivity contribution in [3.05, 3.63) is 64.7 Å². The van der Waals surface area contributed by atoms with Crippen molar-refractivity contribution in [2.45, 2.75) is 74.8 Å². The largest absolute Gasteiger partial charge is 0.416 e. The van der Waals surface area contributed by atoms with Gasteiger partial charge in [-0.1, -0.05) is 17.7 Å². The molecule has 2 aromatic rings. The first kappa shape index (κ1) is 31.3. The molecule has 224 valence electrons. The van der Waals surface area contributed by atoms with Crippen LogP contribution >= 0.6 is 11.6 Å². The molecule has 4 atom stereocenters. The third kappa shape index (κ3) is 7.24. The summed E-state index contributed by atoms with van der Waals surface area (Å²) in [5, 5.41) is 3.02. The molecule has 0 aromatic heterocycles. The Hall–Kier alpha value is -2.63. The lowest BCUT2D eigenvalue weighted by Crippen LogP contribution is -2.53. The maximum absolute atomic E-state index is 13.5. The van der Waals surface area contributed by atoms with Crippen LogP contribution in [0.3, 0.4) is 0 Å². The second-order valence-electron chi connectivity index (χ2n) is 11.2. The van der Waals surface area contributed by atoms with E-state index in [0.717, 1.165) is 24.6 Å². The van der Waals surface area contributed by atoms with Crippen molar-refractivity contribution >= 4 is 33.3 Å². The summed E-state index contributed by atoms with van der Waals surface area (Å²) in [6.07, 6.45) is -2.35. The average Bonchev–Trinajstić information content (AvgIpc) is 3.27. The molecule has 3 unspecified atom stereocenters. The number of hydrogen-bond acceptors (Lipinski definition) is 5. The van der Waals surface area contributed by atoms with Crippen LogP contribution in [-0.4, -0.2) is 73.5 Å². The number of carbonyl (C=O) groups excluding carboxylic acids is 2. The van der Waals surface area contributed by atoms with E-state index >= 15 is 0 Å². The molecule has 1 saturated heterocycles. The number of sulfone groups is 1. The van der Waals surface area contributed by atoms with Gasteiger partial charge in [0.25, 0.3) is 5.91 Å². The van der Waals surface area contributed by atoms with Gasteiger partial charge in [0, 0.05) is 35.3 Å². The minimum absolute atomic E-state index is 0.144. The van der Waals surface area contributed by atoms with E-state index in [-0.39, 0.29) is 52.6 Å². The van der Waals surface area contributed by atoms with E-state index in [2.05, 4.69) is 24.1 Å². The quantitative estimate of drug-likeness (QED) is 0.451. The number of hydrogen-bond donors (Lipinski definition) is 1. The van der Waals surface area contributed by atoms with Crippen LogP contribution in [0.1, 0.15) is 55.5 Å². The van der Waals surface area contributed by atoms with Gasteiger partial charge in [-0.3, -0.25) is 9.59 Å². The Balaban J connectivity index is 1.52. The number of carbonyl (C=O) groups is 2. The molecule has 1 saturated carbocycles. The highest BCUT2D eigenvalue weighted by Crippen LogP contribution is 2.36. The zero-order valence-corrected chi connectivity index (χ0v) is 24.8. The molecule has 1 heterocycles. The van der Waals surface area contributed by atoms with Gasteiger partial charge in [0.1, 0.15) is 6.04 Å². The van der Waals surface area contributed by atoms with Gasteiger partial charge >= 0.3 is 6.18 Å². The molecule has 2 aromatic carbocycles. The van der Waals surface area contributed by atoms with Crippen molar-refractivity contribution in [2.75, 3.05) is 19.3 Å². The van der Waals surface area contributed by atoms with Crippen molar-refractivity contribution in [1.29, 1.82) is 0 Å². The number of nitrogens with zero attached hydrogens (tertiary/aromatic N) is 2. The maximum Gasteiger partial charge on any atom is 0.416 e. The summed E-state index contributed by atoms with van der Waals surface area (Å²) in [7, 11) is -1.67. The Morgan fingerprint density at radius 1 is 1.12 bits per heavy atom. The van der Waals surface area contributed by atoms with E-state index in [0.29, 0.717) is 24.4 Å². The van der Waals surface area contributed by atoms with Gasteiger partial charge in [-0.2, -0.15) is 13.2 Å². The van der Waals surface area contributed by atoms with Gasteiger partial charge in [0.05, 0.1) is 16.2 Å². The van der Waals surface area contributed by atoms with Crippen molar-refractivity contribution in [3.8, 4) is 0 Å². The highest BCUT2D eigenvalue weighted by Gasteiger charge is 2.44. The number of rotatable bonds is 8. The van der Waals surface area contributed by atoms with E-state index in [1.54, 1.807) is 4.90 Å². The third-order valence-electron chi connectivity index (χ3n) is 8.31.